The molecule has 0 amide bonds. The normalized spacial score (nSPS) is 21.1. The molecule has 0 bridgehead atoms. The van der Waals surface area contributed by atoms with Gasteiger partial charge >= 0.3 is 0 Å². The van der Waals surface area contributed by atoms with Crippen molar-refractivity contribution >= 4 is 33.7 Å². The minimum absolute atomic E-state index is 0.549. The average Bonchev–Trinajstić information content (AvgIpc) is 2.19. The van der Waals surface area contributed by atoms with E-state index in [1.807, 2.05) is 18.3 Å². The first-order valence-corrected chi connectivity index (χ1v) is 5.87. The van der Waals surface area contributed by atoms with Gasteiger partial charge in [0.25, 0.3) is 0 Å². The van der Waals surface area contributed by atoms with Gasteiger partial charge in [-0.1, -0.05) is 33.6 Å². The Labute approximate surface area is 97.3 Å². The number of rotatable bonds is 1. The van der Waals surface area contributed by atoms with E-state index in [9.17, 15) is 0 Å². The first kappa shape index (κ1) is 10.2. The second kappa shape index (κ2) is 4.45. The third-order valence-electron chi connectivity index (χ3n) is 2.53. The summed E-state index contributed by atoms with van der Waals surface area (Å²) < 4.78 is 1.04. The number of benzene rings is 1. The molecule has 1 aromatic carbocycles. The molecule has 2 rings (SSSR count). The molecule has 0 N–H and O–H groups in total. The second-order valence-electron chi connectivity index (χ2n) is 3.48. The molecule has 0 saturated heterocycles. The summed E-state index contributed by atoms with van der Waals surface area (Å²) in [6.07, 6.45) is 4.13. The lowest BCUT2D eigenvalue weighted by Gasteiger charge is -2.18. The molecule has 3 heteroatoms. The maximum Gasteiger partial charge on any atom is 0.0452 e. The van der Waals surface area contributed by atoms with Gasteiger partial charge in [0, 0.05) is 16.0 Å². The fraction of sp³-hybridized carbons (Fsp3) is 0.364. The SMILES string of the molecule is Clc1cc(Br)ccc1C1CC=NCC1. The highest BCUT2D eigenvalue weighted by Gasteiger charge is 2.15. The second-order valence-corrected chi connectivity index (χ2v) is 4.80. The Morgan fingerprint density at radius 3 is 2.93 bits per heavy atom. The van der Waals surface area contributed by atoms with Crippen LogP contribution in [-0.2, 0) is 0 Å². The Balaban J connectivity index is 2.27. The van der Waals surface area contributed by atoms with Crippen LogP contribution in [0, 0.1) is 0 Å². The molecule has 14 heavy (non-hydrogen) atoms. The van der Waals surface area contributed by atoms with E-state index in [2.05, 4.69) is 27.0 Å². The minimum Gasteiger partial charge on any atom is -0.297 e. The van der Waals surface area contributed by atoms with Crippen molar-refractivity contribution in [3.63, 3.8) is 0 Å². The van der Waals surface area contributed by atoms with E-state index in [1.54, 1.807) is 0 Å². The predicted molar refractivity (Wildman–Crippen MR) is 64.5 cm³/mol. The van der Waals surface area contributed by atoms with Crippen LogP contribution >= 0.6 is 27.5 Å². The molecule has 0 saturated carbocycles. The summed E-state index contributed by atoms with van der Waals surface area (Å²) in [4.78, 5) is 4.22. The van der Waals surface area contributed by atoms with Crippen molar-refractivity contribution in [2.45, 2.75) is 18.8 Å². The molecule has 1 heterocycles. The maximum atomic E-state index is 6.19. The van der Waals surface area contributed by atoms with Crippen molar-refractivity contribution in [3.05, 3.63) is 33.3 Å². The van der Waals surface area contributed by atoms with E-state index < -0.39 is 0 Å². The Morgan fingerprint density at radius 2 is 2.29 bits per heavy atom. The third kappa shape index (κ3) is 2.18. The van der Waals surface area contributed by atoms with Gasteiger partial charge in [0.1, 0.15) is 0 Å². The highest BCUT2D eigenvalue weighted by Crippen LogP contribution is 2.32. The lowest BCUT2D eigenvalue weighted by molar-refractivity contribution is 0.638. The molecule has 0 aliphatic carbocycles. The lowest BCUT2D eigenvalue weighted by atomic mass is 9.91. The van der Waals surface area contributed by atoms with E-state index in [-0.39, 0.29) is 0 Å². The molecular weight excluding hydrogens is 261 g/mol. The van der Waals surface area contributed by atoms with Crippen LogP contribution in [0.3, 0.4) is 0 Å². The number of hydrogen-bond donors (Lipinski definition) is 0. The van der Waals surface area contributed by atoms with E-state index in [1.165, 1.54) is 5.56 Å². The first-order chi connectivity index (χ1) is 6.77. The summed E-state index contributed by atoms with van der Waals surface area (Å²) in [6.45, 7) is 0.928. The quantitative estimate of drug-likeness (QED) is 0.731. The summed E-state index contributed by atoms with van der Waals surface area (Å²) in [6, 6.07) is 6.12. The Kier molecular flexibility index (Phi) is 3.24. The highest BCUT2D eigenvalue weighted by atomic mass is 79.9. The highest BCUT2D eigenvalue weighted by molar-refractivity contribution is 9.10. The van der Waals surface area contributed by atoms with Gasteiger partial charge < -0.3 is 0 Å². The van der Waals surface area contributed by atoms with Crippen molar-refractivity contribution in [1.82, 2.24) is 0 Å². The van der Waals surface area contributed by atoms with Crippen LogP contribution in [0.1, 0.15) is 24.3 Å². The van der Waals surface area contributed by atoms with Crippen LogP contribution in [0.2, 0.25) is 5.02 Å². The van der Waals surface area contributed by atoms with E-state index >= 15 is 0 Å². The summed E-state index contributed by atoms with van der Waals surface area (Å²) >= 11 is 9.60. The first-order valence-electron chi connectivity index (χ1n) is 4.70. The Morgan fingerprint density at radius 1 is 1.43 bits per heavy atom. The summed E-state index contributed by atoms with van der Waals surface area (Å²) in [7, 11) is 0. The largest absolute Gasteiger partial charge is 0.297 e. The van der Waals surface area contributed by atoms with Gasteiger partial charge in [-0.05, 0) is 42.7 Å². The molecule has 0 radical (unpaired) electrons. The third-order valence-corrected chi connectivity index (χ3v) is 3.35. The molecule has 1 aliphatic heterocycles. The summed E-state index contributed by atoms with van der Waals surface area (Å²) in [5, 5.41) is 0.861. The number of nitrogens with zero attached hydrogens (tertiary/aromatic N) is 1. The molecular formula is C11H11BrClN. The van der Waals surface area contributed by atoms with Crippen molar-refractivity contribution in [1.29, 1.82) is 0 Å². The summed E-state index contributed by atoms with van der Waals surface area (Å²) in [5.41, 5.74) is 1.25. The van der Waals surface area contributed by atoms with Gasteiger partial charge in [0.2, 0.25) is 0 Å². The molecule has 74 valence electrons. The van der Waals surface area contributed by atoms with Gasteiger partial charge in [0.05, 0.1) is 0 Å². The van der Waals surface area contributed by atoms with Crippen LogP contribution in [-0.4, -0.2) is 12.8 Å². The van der Waals surface area contributed by atoms with E-state index in [4.69, 9.17) is 11.6 Å². The van der Waals surface area contributed by atoms with Gasteiger partial charge in [-0.15, -0.1) is 0 Å². The number of halogens is 2. The van der Waals surface area contributed by atoms with Gasteiger partial charge in [-0.2, -0.15) is 0 Å². The van der Waals surface area contributed by atoms with Gasteiger partial charge in [0.15, 0.2) is 0 Å². The fourth-order valence-corrected chi connectivity index (χ4v) is 2.58. The van der Waals surface area contributed by atoms with Crippen LogP contribution in [0.25, 0.3) is 0 Å². The van der Waals surface area contributed by atoms with E-state index in [0.29, 0.717) is 5.92 Å². The molecule has 1 atom stereocenters. The molecule has 0 aromatic heterocycles. The summed E-state index contributed by atoms with van der Waals surface area (Å²) in [5.74, 6) is 0.549. The molecule has 0 fully saturated rings. The van der Waals surface area contributed by atoms with Crippen LogP contribution in [0.15, 0.2) is 27.7 Å². The average molecular weight is 273 g/mol. The zero-order valence-corrected chi connectivity index (χ0v) is 10.1. The maximum absolute atomic E-state index is 6.19. The van der Waals surface area contributed by atoms with Crippen LogP contribution < -0.4 is 0 Å². The van der Waals surface area contributed by atoms with Gasteiger partial charge in [-0.25, -0.2) is 0 Å². The van der Waals surface area contributed by atoms with Crippen molar-refractivity contribution in [2.75, 3.05) is 6.54 Å². The molecule has 1 aromatic rings. The van der Waals surface area contributed by atoms with Crippen LogP contribution in [0.4, 0.5) is 0 Å². The molecule has 1 nitrogen and oxygen atoms in total. The minimum atomic E-state index is 0.549. The number of hydrogen-bond acceptors (Lipinski definition) is 1. The monoisotopic (exact) mass is 271 g/mol. The fourth-order valence-electron chi connectivity index (χ4n) is 1.76. The van der Waals surface area contributed by atoms with Gasteiger partial charge in [-0.3, -0.25) is 4.99 Å². The zero-order chi connectivity index (χ0) is 9.97. The van der Waals surface area contributed by atoms with Crippen molar-refractivity contribution < 1.29 is 0 Å². The topological polar surface area (TPSA) is 12.4 Å². The van der Waals surface area contributed by atoms with E-state index in [0.717, 1.165) is 28.9 Å². The molecule has 0 spiro atoms. The van der Waals surface area contributed by atoms with Crippen LogP contribution in [0.5, 0.6) is 0 Å². The molecule has 1 aliphatic rings. The van der Waals surface area contributed by atoms with Crippen molar-refractivity contribution in [2.24, 2.45) is 4.99 Å². The Hall–Kier alpha value is -0.340. The number of aliphatic imine (C=N–C) groups is 1. The standard InChI is InChI=1S/C11H11BrClN/c12-9-1-2-10(11(13)7-9)8-3-5-14-6-4-8/h1-2,5,7-8H,3-4,6H2. The smallest absolute Gasteiger partial charge is 0.0452 e. The zero-order valence-electron chi connectivity index (χ0n) is 7.71. The van der Waals surface area contributed by atoms with Crippen molar-refractivity contribution in [3.8, 4) is 0 Å². The predicted octanol–water partition coefficient (Wildman–Crippen LogP) is 4.05. The lowest BCUT2D eigenvalue weighted by Crippen LogP contribution is -2.07. The Bertz CT molecular complexity index is 362. The molecule has 1 unspecified atom stereocenters.